The van der Waals surface area contributed by atoms with Gasteiger partial charge in [0.05, 0.1) is 0 Å². The number of rotatable bonds is 5. The molecule has 1 aromatic rings. The first kappa shape index (κ1) is 14.7. The van der Waals surface area contributed by atoms with Crippen LogP contribution >= 0.6 is 0 Å². The maximum atomic E-state index is 13.3. The molecule has 0 saturated carbocycles. The second kappa shape index (κ2) is 5.99. The minimum atomic E-state index is -1.71. The SMILES string of the molecule is CC(C)C(CCO)Nc1c(F)c(F)nc(F)c1F. The van der Waals surface area contributed by atoms with Crippen LogP contribution < -0.4 is 5.32 Å². The van der Waals surface area contributed by atoms with E-state index in [1.807, 2.05) is 0 Å². The third-order valence-corrected chi connectivity index (χ3v) is 2.57. The highest BCUT2D eigenvalue weighted by Gasteiger charge is 2.23. The molecular weight excluding hydrogens is 252 g/mol. The highest BCUT2D eigenvalue weighted by molar-refractivity contribution is 5.46. The molecule has 7 heteroatoms. The Bertz CT molecular complexity index is 400. The second-order valence-electron chi connectivity index (χ2n) is 4.20. The number of pyridine rings is 1. The van der Waals surface area contributed by atoms with Crippen LogP contribution in [0.3, 0.4) is 0 Å². The Balaban J connectivity index is 3.09. The molecule has 0 saturated heterocycles. The molecule has 102 valence electrons. The number of hydrogen-bond acceptors (Lipinski definition) is 3. The van der Waals surface area contributed by atoms with Crippen LogP contribution in [0.4, 0.5) is 23.2 Å². The molecule has 1 aromatic heterocycles. The van der Waals surface area contributed by atoms with Crippen molar-refractivity contribution in [3.8, 4) is 0 Å². The Morgan fingerprint density at radius 3 is 2.00 bits per heavy atom. The Hall–Kier alpha value is -1.37. The summed E-state index contributed by atoms with van der Waals surface area (Å²) >= 11 is 0. The molecule has 0 aliphatic heterocycles. The number of aliphatic hydroxyl groups excluding tert-OH is 1. The van der Waals surface area contributed by atoms with Crippen molar-refractivity contribution in [2.45, 2.75) is 26.3 Å². The molecule has 0 bridgehead atoms. The van der Waals surface area contributed by atoms with Crippen LogP contribution in [0, 0.1) is 29.4 Å². The molecule has 0 aromatic carbocycles. The standard InChI is InChI=1S/C11H14F4N2O/c1-5(2)6(3-4-18)16-9-7(12)10(14)17-11(15)8(9)13/h5-6,18H,3-4H2,1-2H3,(H,16,17). The van der Waals surface area contributed by atoms with Crippen molar-refractivity contribution < 1.29 is 22.7 Å². The zero-order valence-corrected chi connectivity index (χ0v) is 9.98. The van der Waals surface area contributed by atoms with Gasteiger partial charge < -0.3 is 10.4 Å². The fraction of sp³-hybridized carbons (Fsp3) is 0.545. The highest BCUT2D eigenvalue weighted by atomic mass is 19.2. The Morgan fingerprint density at radius 2 is 1.61 bits per heavy atom. The molecule has 1 unspecified atom stereocenters. The van der Waals surface area contributed by atoms with E-state index < -0.39 is 35.3 Å². The molecule has 1 rings (SSSR count). The molecule has 2 N–H and O–H groups in total. The van der Waals surface area contributed by atoms with E-state index in [9.17, 15) is 17.6 Å². The van der Waals surface area contributed by atoms with Crippen molar-refractivity contribution in [1.29, 1.82) is 0 Å². The van der Waals surface area contributed by atoms with E-state index in [1.54, 1.807) is 13.8 Å². The Kier molecular flexibility index (Phi) is 4.89. The fourth-order valence-corrected chi connectivity index (χ4v) is 1.51. The summed E-state index contributed by atoms with van der Waals surface area (Å²) in [4.78, 5) is 2.46. The molecule has 1 heterocycles. The molecule has 0 radical (unpaired) electrons. The lowest BCUT2D eigenvalue weighted by Gasteiger charge is -2.23. The van der Waals surface area contributed by atoms with E-state index >= 15 is 0 Å². The van der Waals surface area contributed by atoms with Gasteiger partial charge in [-0.1, -0.05) is 13.8 Å². The first-order chi connectivity index (χ1) is 8.38. The summed E-state index contributed by atoms with van der Waals surface area (Å²) in [5.41, 5.74) is -0.896. The highest BCUT2D eigenvalue weighted by Crippen LogP contribution is 2.24. The lowest BCUT2D eigenvalue weighted by Crippen LogP contribution is -2.28. The van der Waals surface area contributed by atoms with Crippen molar-refractivity contribution in [2.24, 2.45) is 5.92 Å². The number of hydrogen-bond donors (Lipinski definition) is 2. The molecule has 0 aliphatic carbocycles. The minimum absolute atomic E-state index is 0.0877. The summed E-state index contributed by atoms with van der Waals surface area (Å²) in [5, 5.41) is 11.2. The molecule has 0 spiro atoms. The summed E-state index contributed by atoms with van der Waals surface area (Å²) in [6, 6.07) is -0.514. The van der Waals surface area contributed by atoms with Gasteiger partial charge in [0, 0.05) is 12.6 Å². The van der Waals surface area contributed by atoms with Crippen molar-refractivity contribution in [3.05, 3.63) is 23.5 Å². The average molecular weight is 266 g/mol. The van der Waals surface area contributed by atoms with Gasteiger partial charge in [0.25, 0.3) is 11.9 Å². The predicted molar refractivity (Wildman–Crippen MR) is 58.0 cm³/mol. The molecule has 3 nitrogen and oxygen atoms in total. The number of aromatic nitrogens is 1. The second-order valence-corrected chi connectivity index (χ2v) is 4.20. The summed E-state index contributed by atoms with van der Waals surface area (Å²) in [6.45, 7) is 3.28. The lowest BCUT2D eigenvalue weighted by molar-refractivity contribution is 0.267. The van der Waals surface area contributed by atoms with Crippen LogP contribution in [0.5, 0.6) is 0 Å². The van der Waals surface area contributed by atoms with Crippen LogP contribution in [0.25, 0.3) is 0 Å². The zero-order chi connectivity index (χ0) is 13.9. The van der Waals surface area contributed by atoms with Gasteiger partial charge in [0.15, 0.2) is 0 Å². The summed E-state index contributed by atoms with van der Waals surface area (Å²) in [6.07, 6.45) is 0.197. The minimum Gasteiger partial charge on any atom is -0.396 e. The number of nitrogens with zero attached hydrogens (tertiary/aromatic N) is 1. The largest absolute Gasteiger partial charge is 0.396 e. The summed E-state index contributed by atoms with van der Waals surface area (Å²) in [7, 11) is 0. The van der Waals surface area contributed by atoms with Crippen molar-refractivity contribution in [2.75, 3.05) is 11.9 Å². The van der Waals surface area contributed by atoms with Crippen LogP contribution in [-0.2, 0) is 0 Å². The molecule has 0 aliphatic rings. The van der Waals surface area contributed by atoms with Gasteiger partial charge in [0.1, 0.15) is 5.69 Å². The maximum absolute atomic E-state index is 13.3. The van der Waals surface area contributed by atoms with Gasteiger partial charge in [-0.15, -0.1) is 0 Å². The predicted octanol–water partition coefficient (Wildman–Crippen LogP) is 2.46. The Morgan fingerprint density at radius 1 is 1.11 bits per heavy atom. The van der Waals surface area contributed by atoms with Gasteiger partial charge in [-0.25, -0.2) is 0 Å². The van der Waals surface area contributed by atoms with E-state index in [2.05, 4.69) is 10.3 Å². The van der Waals surface area contributed by atoms with E-state index in [-0.39, 0.29) is 18.9 Å². The summed E-state index contributed by atoms with van der Waals surface area (Å²) in [5.74, 6) is -6.64. The van der Waals surface area contributed by atoms with Crippen LogP contribution in [0.1, 0.15) is 20.3 Å². The van der Waals surface area contributed by atoms with Crippen molar-refractivity contribution in [1.82, 2.24) is 4.98 Å². The Labute approximate surface area is 102 Å². The average Bonchev–Trinajstić information content (AvgIpc) is 2.30. The third-order valence-electron chi connectivity index (χ3n) is 2.57. The number of anilines is 1. The molecule has 18 heavy (non-hydrogen) atoms. The maximum Gasteiger partial charge on any atom is 0.253 e. The zero-order valence-electron chi connectivity index (χ0n) is 9.98. The first-order valence-corrected chi connectivity index (χ1v) is 5.45. The van der Waals surface area contributed by atoms with Gasteiger partial charge in [-0.2, -0.15) is 22.5 Å². The monoisotopic (exact) mass is 266 g/mol. The first-order valence-electron chi connectivity index (χ1n) is 5.45. The van der Waals surface area contributed by atoms with Gasteiger partial charge >= 0.3 is 0 Å². The van der Waals surface area contributed by atoms with E-state index in [0.717, 1.165) is 0 Å². The van der Waals surface area contributed by atoms with Crippen molar-refractivity contribution in [3.63, 3.8) is 0 Å². The third kappa shape index (κ3) is 3.10. The molecule has 0 amide bonds. The summed E-state index contributed by atoms with van der Waals surface area (Å²) < 4.78 is 52.4. The number of nitrogens with one attached hydrogen (secondary N) is 1. The van der Waals surface area contributed by atoms with E-state index in [0.29, 0.717) is 0 Å². The van der Waals surface area contributed by atoms with Crippen LogP contribution in [0.2, 0.25) is 0 Å². The number of aliphatic hydroxyl groups is 1. The molecular formula is C11H14F4N2O. The smallest absolute Gasteiger partial charge is 0.253 e. The fourth-order valence-electron chi connectivity index (χ4n) is 1.51. The van der Waals surface area contributed by atoms with E-state index in [1.165, 1.54) is 0 Å². The van der Waals surface area contributed by atoms with Crippen molar-refractivity contribution >= 4 is 5.69 Å². The molecule has 1 atom stereocenters. The van der Waals surface area contributed by atoms with Crippen LogP contribution in [-0.4, -0.2) is 22.7 Å². The van der Waals surface area contributed by atoms with E-state index in [4.69, 9.17) is 5.11 Å². The topological polar surface area (TPSA) is 45.1 Å². The van der Waals surface area contributed by atoms with Gasteiger partial charge in [0.2, 0.25) is 11.6 Å². The van der Waals surface area contributed by atoms with Crippen LogP contribution in [0.15, 0.2) is 0 Å². The van der Waals surface area contributed by atoms with Gasteiger partial charge in [-0.3, -0.25) is 0 Å². The number of halogens is 4. The quantitative estimate of drug-likeness (QED) is 0.635. The lowest BCUT2D eigenvalue weighted by atomic mass is 10.0. The van der Waals surface area contributed by atoms with Gasteiger partial charge in [-0.05, 0) is 12.3 Å². The molecule has 0 fully saturated rings. The normalized spacial score (nSPS) is 12.9.